The van der Waals surface area contributed by atoms with Crippen molar-refractivity contribution in [3.05, 3.63) is 22.4 Å². The summed E-state index contributed by atoms with van der Waals surface area (Å²) in [6.45, 7) is 9.54. The summed E-state index contributed by atoms with van der Waals surface area (Å²) in [5, 5.41) is 5.66. The second-order valence-electron chi connectivity index (χ2n) is 6.97. The zero-order valence-corrected chi connectivity index (χ0v) is 14.9. The van der Waals surface area contributed by atoms with Gasteiger partial charge in [0.1, 0.15) is 5.60 Å². The fraction of sp³-hybridized carbons (Fsp3) is 0.706. The molecule has 1 aliphatic rings. The molecule has 2 rings (SSSR count). The SMILES string of the molecule is C[C@H](NC[C@H]1CCCCN1C(=O)OC(C)(C)C)c1cccs1. The number of nitrogens with zero attached hydrogens (tertiary/aromatic N) is 1. The van der Waals surface area contributed by atoms with Crippen LogP contribution in [0.5, 0.6) is 0 Å². The molecule has 0 aliphatic carbocycles. The topological polar surface area (TPSA) is 41.6 Å². The Labute approximate surface area is 137 Å². The maximum atomic E-state index is 12.4. The van der Waals surface area contributed by atoms with E-state index in [9.17, 15) is 4.79 Å². The number of ether oxygens (including phenoxy) is 1. The molecule has 22 heavy (non-hydrogen) atoms. The van der Waals surface area contributed by atoms with E-state index in [1.807, 2.05) is 25.7 Å². The smallest absolute Gasteiger partial charge is 0.410 e. The van der Waals surface area contributed by atoms with Gasteiger partial charge >= 0.3 is 6.09 Å². The van der Waals surface area contributed by atoms with Gasteiger partial charge in [0.15, 0.2) is 0 Å². The molecule has 2 heterocycles. The van der Waals surface area contributed by atoms with Gasteiger partial charge < -0.3 is 15.0 Å². The van der Waals surface area contributed by atoms with Crippen molar-refractivity contribution in [1.82, 2.24) is 10.2 Å². The molecule has 1 N–H and O–H groups in total. The standard InChI is InChI=1S/C17H28N2O2S/c1-13(15-9-7-11-22-15)18-12-14-8-5-6-10-19(14)16(20)21-17(2,3)4/h7,9,11,13-14,18H,5-6,8,10,12H2,1-4H3/t13-,14+/m0/s1. The predicted molar refractivity (Wildman–Crippen MR) is 91.3 cm³/mol. The molecule has 5 heteroatoms. The molecule has 124 valence electrons. The summed E-state index contributed by atoms with van der Waals surface area (Å²) < 4.78 is 5.55. The maximum absolute atomic E-state index is 12.4. The van der Waals surface area contributed by atoms with Crippen molar-refractivity contribution in [2.24, 2.45) is 0 Å². The predicted octanol–water partition coefficient (Wildman–Crippen LogP) is 4.19. The van der Waals surface area contributed by atoms with E-state index in [-0.39, 0.29) is 12.1 Å². The lowest BCUT2D eigenvalue weighted by molar-refractivity contribution is 0.00971. The summed E-state index contributed by atoms with van der Waals surface area (Å²) in [4.78, 5) is 15.6. The van der Waals surface area contributed by atoms with Crippen molar-refractivity contribution in [1.29, 1.82) is 0 Å². The highest BCUT2D eigenvalue weighted by atomic mass is 32.1. The van der Waals surface area contributed by atoms with Gasteiger partial charge in [0, 0.05) is 30.1 Å². The highest BCUT2D eigenvalue weighted by Gasteiger charge is 2.30. The van der Waals surface area contributed by atoms with E-state index in [0.29, 0.717) is 6.04 Å². The molecule has 0 unspecified atom stereocenters. The van der Waals surface area contributed by atoms with E-state index in [0.717, 1.165) is 25.9 Å². The van der Waals surface area contributed by atoms with Crippen LogP contribution in [0.2, 0.25) is 0 Å². The normalized spacial score (nSPS) is 20.7. The van der Waals surface area contributed by atoms with Gasteiger partial charge in [-0.25, -0.2) is 4.79 Å². The zero-order valence-electron chi connectivity index (χ0n) is 14.1. The Hall–Kier alpha value is -1.07. The summed E-state index contributed by atoms with van der Waals surface area (Å²) in [5.41, 5.74) is -0.434. The van der Waals surface area contributed by atoms with E-state index in [4.69, 9.17) is 4.74 Å². The lowest BCUT2D eigenvalue weighted by Crippen LogP contribution is -2.50. The zero-order chi connectivity index (χ0) is 16.2. The van der Waals surface area contributed by atoms with E-state index in [2.05, 4.69) is 29.8 Å². The minimum atomic E-state index is -0.434. The minimum Gasteiger partial charge on any atom is -0.444 e. The molecule has 1 fully saturated rings. The second-order valence-corrected chi connectivity index (χ2v) is 7.95. The molecule has 0 bridgehead atoms. The Bertz CT molecular complexity index is 468. The highest BCUT2D eigenvalue weighted by Crippen LogP contribution is 2.22. The van der Waals surface area contributed by atoms with E-state index < -0.39 is 5.60 Å². The monoisotopic (exact) mass is 324 g/mol. The fourth-order valence-corrected chi connectivity index (χ4v) is 3.48. The fourth-order valence-electron chi connectivity index (χ4n) is 2.72. The molecule has 0 radical (unpaired) electrons. The molecule has 4 nitrogen and oxygen atoms in total. The molecular formula is C17H28N2O2S. The van der Waals surface area contributed by atoms with Gasteiger partial charge in [0.05, 0.1) is 0 Å². The van der Waals surface area contributed by atoms with Crippen LogP contribution in [0.15, 0.2) is 17.5 Å². The molecule has 0 aromatic carbocycles. The van der Waals surface area contributed by atoms with Gasteiger partial charge in [-0.1, -0.05) is 6.07 Å². The first-order valence-corrected chi connectivity index (χ1v) is 9.01. The number of hydrogen-bond acceptors (Lipinski definition) is 4. The lowest BCUT2D eigenvalue weighted by Gasteiger charge is -2.37. The number of likely N-dealkylation sites (tertiary alicyclic amines) is 1. The summed E-state index contributed by atoms with van der Waals surface area (Å²) in [5.74, 6) is 0. The van der Waals surface area contributed by atoms with Gasteiger partial charge in [-0.15, -0.1) is 11.3 Å². The molecule has 1 aromatic heterocycles. The number of carbonyl (C=O) groups is 1. The van der Waals surface area contributed by atoms with E-state index in [1.165, 1.54) is 11.3 Å². The first-order chi connectivity index (χ1) is 10.4. The molecule has 0 spiro atoms. The molecule has 1 aromatic rings. The minimum absolute atomic E-state index is 0.178. The van der Waals surface area contributed by atoms with Crippen LogP contribution in [-0.4, -0.2) is 35.7 Å². The Morgan fingerprint density at radius 3 is 2.91 bits per heavy atom. The first-order valence-electron chi connectivity index (χ1n) is 8.13. The average Bonchev–Trinajstić information content (AvgIpc) is 2.97. The summed E-state index contributed by atoms with van der Waals surface area (Å²) in [6.07, 6.45) is 3.11. The van der Waals surface area contributed by atoms with Gasteiger partial charge in [-0.05, 0) is 58.4 Å². The van der Waals surface area contributed by atoms with Crippen LogP contribution in [0.4, 0.5) is 4.79 Å². The van der Waals surface area contributed by atoms with Crippen LogP contribution in [0.3, 0.4) is 0 Å². The van der Waals surface area contributed by atoms with Crippen molar-refractivity contribution >= 4 is 17.4 Å². The lowest BCUT2D eigenvalue weighted by atomic mass is 10.0. The van der Waals surface area contributed by atoms with Crippen LogP contribution in [0.25, 0.3) is 0 Å². The summed E-state index contributed by atoms with van der Waals surface area (Å²) >= 11 is 1.76. The third-order valence-corrected chi connectivity index (χ3v) is 4.94. The van der Waals surface area contributed by atoms with Crippen molar-refractivity contribution in [2.75, 3.05) is 13.1 Å². The van der Waals surface area contributed by atoms with Crippen LogP contribution in [0, 0.1) is 0 Å². The quantitative estimate of drug-likeness (QED) is 0.903. The molecule has 0 saturated carbocycles. The van der Waals surface area contributed by atoms with Crippen molar-refractivity contribution in [3.63, 3.8) is 0 Å². The summed E-state index contributed by atoms with van der Waals surface area (Å²) in [6, 6.07) is 4.77. The van der Waals surface area contributed by atoms with Crippen molar-refractivity contribution in [3.8, 4) is 0 Å². The van der Waals surface area contributed by atoms with Gasteiger partial charge in [-0.3, -0.25) is 0 Å². The van der Waals surface area contributed by atoms with Gasteiger partial charge in [-0.2, -0.15) is 0 Å². The number of rotatable bonds is 4. The Morgan fingerprint density at radius 1 is 1.50 bits per heavy atom. The maximum Gasteiger partial charge on any atom is 0.410 e. The number of thiophene rings is 1. The number of nitrogens with one attached hydrogen (secondary N) is 1. The number of amides is 1. The Morgan fingerprint density at radius 2 is 2.27 bits per heavy atom. The van der Waals surface area contributed by atoms with Crippen LogP contribution in [-0.2, 0) is 4.74 Å². The van der Waals surface area contributed by atoms with E-state index in [1.54, 1.807) is 11.3 Å². The molecule has 1 amide bonds. The number of carbonyl (C=O) groups excluding carboxylic acids is 1. The largest absolute Gasteiger partial charge is 0.444 e. The third-order valence-electron chi connectivity index (χ3n) is 3.88. The third kappa shape index (κ3) is 4.99. The van der Waals surface area contributed by atoms with Gasteiger partial charge in [0.25, 0.3) is 0 Å². The first kappa shape index (κ1) is 17.3. The molecule has 1 saturated heterocycles. The molecule has 1 aliphatic heterocycles. The van der Waals surface area contributed by atoms with Crippen molar-refractivity contribution in [2.45, 2.75) is 64.6 Å². The highest BCUT2D eigenvalue weighted by molar-refractivity contribution is 7.10. The number of piperidine rings is 1. The Balaban J connectivity index is 1.90. The second kappa shape index (κ2) is 7.47. The van der Waals surface area contributed by atoms with Crippen LogP contribution < -0.4 is 5.32 Å². The molecular weight excluding hydrogens is 296 g/mol. The van der Waals surface area contributed by atoms with Gasteiger partial charge in [0.2, 0.25) is 0 Å². The van der Waals surface area contributed by atoms with Crippen molar-refractivity contribution < 1.29 is 9.53 Å². The summed E-state index contributed by atoms with van der Waals surface area (Å²) in [7, 11) is 0. The van der Waals surface area contributed by atoms with Crippen LogP contribution >= 0.6 is 11.3 Å². The number of hydrogen-bond donors (Lipinski definition) is 1. The molecule has 2 atom stereocenters. The Kier molecular flexibility index (Phi) is 5.87. The van der Waals surface area contributed by atoms with E-state index >= 15 is 0 Å². The van der Waals surface area contributed by atoms with Crippen LogP contribution in [0.1, 0.15) is 57.9 Å². The average molecular weight is 324 g/mol.